The van der Waals surface area contributed by atoms with Gasteiger partial charge in [-0.3, -0.25) is 14.3 Å². The van der Waals surface area contributed by atoms with Crippen molar-refractivity contribution >= 4 is 0 Å². The molecule has 1 saturated heterocycles. The predicted molar refractivity (Wildman–Crippen MR) is 72.9 cm³/mol. The Morgan fingerprint density at radius 1 is 1.33 bits per heavy atom. The molecule has 0 spiro atoms. The van der Waals surface area contributed by atoms with E-state index in [4.69, 9.17) is 4.74 Å². The Balaban J connectivity index is 2.27. The summed E-state index contributed by atoms with van der Waals surface area (Å²) in [5.41, 5.74) is -1.85. The van der Waals surface area contributed by atoms with Gasteiger partial charge in [-0.25, -0.2) is 9.18 Å². The molecular formula is C14H13FN2O4. The van der Waals surface area contributed by atoms with E-state index in [2.05, 4.69) is 4.98 Å². The maximum atomic E-state index is 13.9. The number of hydrogen-bond acceptors (Lipinski definition) is 4. The lowest BCUT2D eigenvalue weighted by Crippen LogP contribution is -2.33. The van der Waals surface area contributed by atoms with Gasteiger partial charge >= 0.3 is 5.69 Å². The lowest BCUT2D eigenvalue weighted by atomic mass is 10.1. The first-order chi connectivity index (χ1) is 10.1. The van der Waals surface area contributed by atoms with Gasteiger partial charge < -0.3 is 9.84 Å². The van der Waals surface area contributed by atoms with Gasteiger partial charge in [-0.1, -0.05) is 18.2 Å². The smallest absolute Gasteiger partial charge is 0.331 e. The molecule has 1 aromatic heterocycles. The molecule has 1 aromatic carbocycles. The van der Waals surface area contributed by atoms with Crippen molar-refractivity contribution in [3.8, 4) is 17.0 Å². The van der Waals surface area contributed by atoms with E-state index in [0.717, 1.165) is 4.57 Å². The molecule has 1 fully saturated rings. The molecule has 21 heavy (non-hydrogen) atoms. The summed E-state index contributed by atoms with van der Waals surface area (Å²) in [5.74, 6) is -1.18. The third-order valence-corrected chi connectivity index (χ3v) is 3.53. The topological polar surface area (TPSA) is 84.3 Å². The number of halogens is 1. The van der Waals surface area contributed by atoms with Gasteiger partial charge in [-0.2, -0.15) is 0 Å². The second-order valence-electron chi connectivity index (χ2n) is 4.83. The van der Waals surface area contributed by atoms with E-state index in [1.807, 2.05) is 0 Å². The molecule has 3 rings (SSSR count). The van der Waals surface area contributed by atoms with Crippen LogP contribution in [0.2, 0.25) is 0 Å². The zero-order valence-electron chi connectivity index (χ0n) is 11.0. The minimum atomic E-state index is -0.822. The fraction of sp³-hybridized carbons (Fsp3) is 0.286. The monoisotopic (exact) mass is 292 g/mol. The van der Waals surface area contributed by atoms with Crippen LogP contribution < -0.4 is 11.2 Å². The van der Waals surface area contributed by atoms with E-state index in [-0.39, 0.29) is 23.8 Å². The van der Waals surface area contributed by atoms with Crippen molar-refractivity contribution in [3.63, 3.8) is 0 Å². The van der Waals surface area contributed by atoms with Crippen molar-refractivity contribution in [1.82, 2.24) is 9.55 Å². The van der Waals surface area contributed by atoms with Crippen LogP contribution in [0.25, 0.3) is 11.1 Å². The standard InChI is InChI=1S/C14H13FN2O4/c15-10-4-2-1-3-9(10)11-12(18)16-14(20)17(13(11)19)8-5-6-21-7-8/h1-4,8,19H,5-7H2,(H,16,18,20). The molecule has 0 saturated carbocycles. The Morgan fingerprint density at radius 3 is 2.76 bits per heavy atom. The van der Waals surface area contributed by atoms with Crippen LogP contribution in [0.5, 0.6) is 5.88 Å². The van der Waals surface area contributed by atoms with Gasteiger partial charge in [-0.05, 0) is 12.5 Å². The van der Waals surface area contributed by atoms with Crippen molar-refractivity contribution in [2.24, 2.45) is 0 Å². The first-order valence-electron chi connectivity index (χ1n) is 6.50. The van der Waals surface area contributed by atoms with Gasteiger partial charge in [0.1, 0.15) is 11.4 Å². The van der Waals surface area contributed by atoms with E-state index < -0.39 is 22.9 Å². The van der Waals surface area contributed by atoms with E-state index in [1.54, 1.807) is 6.07 Å². The van der Waals surface area contributed by atoms with E-state index in [9.17, 15) is 19.1 Å². The number of hydrogen-bond donors (Lipinski definition) is 2. The average Bonchev–Trinajstić information content (AvgIpc) is 2.94. The minimum Gasteiger partial charge on any atom is -0.494 e. The highest BCUT2D eigenvalue weighted by atomic mass is 19.1. The lowest BCUT2D eigenvalue weighted by Gasteiger charge is -2.16. The number of aromatic hydroxyl groups is 1. The van der Waals surface area contributed by atoms with Gasteiger partial charge in [0, 0.05) is 12.2 Å². The third kappa shape index (κ3) is 2.25. The number of aromatic nitrogens is 2. The van der Waals surface area contributed by atoms with Crippen LogP contribution in [0.4, 0.5) is 4.39 Å². The first kappa shape index (κ1) is 13.6. The summed E-state index contributed by atoms with van der Waals surface area (Å²) >= 11 is 0. The summed E-state index contributed by atoms with van der Waals surface area (Å²) in [6.07, 6.45) is 0.538. The third-order valence-electron chi connectivity index (χ3n) is 3.53. The highest BCUT2D eigenvalue weighted by Crippen LogP contribution is 2.30. The fourth-order valence-electron chi connectivity index (χ4n) is 2.51. The van der Waals surface area contributed by atoms with Crippen LogP contribution in [-0.4, -0.2) is 27.9 Å². The second-order valence-corrected chi connectivity index (χ2v) is 4.83. The zero-order valence-corrected chi connectivity index (χ0v) is 11.0. The predicted octanol–water partition coefficient (Wildman–Crippen LogP) is 1.01. The molecule has 1 atom stereocenters. The molecular weight excluding hydrogens is 279 g/mol. The fourth-order valence-corrected chi connectivity index (χ4v) is 2.51. The first-order valence-corrected chi connectivity index (χ1v) is 6.50. The Labute approximate surface area is 118 Å². The molecule has 6 nitrogen and oxygen atoms in total. The summed E-state index contributed by atoms with van der Waals surface area (Å²) in [4.78, 5) is 26.0. The van der Waals surface area contributed by atoms with Crippen molar-refractivity contribution in [3.05, 3.63) is 50.9 Å². The van der Waals surface area contributed by atoms with Gasteiger partial charge in [0.05, 0.1) is 12.6 Å². The normalized spacial score (nSPS) is 18.0. The van der Waals surface area contributed by atoms with Gasteiger partial charge in [0.2, 0.25) is 5.88 Å². The minimum absolute atomic E-state index is 0.0519. The molecule has 2 aromatic rings. The molecule has 110 valence electrons. The molecule has 0 amide bonds. The molecule has 0 radical (unpaired) electrons. The quantitative estimate of drug-likeness (QED) is 0.865. The molecule has 0 bridgehead atoms. The van der Waals surface area contributed by atoms with Crippen molar-refractivity contribution in [2.45, 2.75) is 12.5 Å². The van der Waals surface area contributed by atoms with E-state index >= 15 is 0 Å². The van der Waals surface area contributed by atoms with Crippen molar-refractivity contribution in [2.75, 3.05) is 13.2 Å². The van der Waals surface area contributed by atoms with Crippen LogP contribution in [0.3, 0.4) is 0 Å². The van der Waals surface area contributed by atoms with Crippen LogP contribution in [-0.2, 0) is 4.74 Å². The van der Waals surface area contributed by atoms with Gasteiger partial charge in [0.15, 0.2) is 0 Å². The van der Waals surface area contributed by atoms with Crippen LogP contribution in [0, 0.1) is 5.82 Å². The number of ether oxygens (including phenoxy) is 1. The van der Waals surface area contributed by atoms with Crippen molar-refractivity contribution < 1.29 is 14.2 Å². The Hall–Kier alpha value is -2.41. The second kappa shape index (κ2) is 5.17. The van der Waals surface area contributed by atoms with Gasteiger partial charge in [0.25, 0.3) is 5.56 Å². The SMILES string of the molecule is O=c1[nH]c(=O)n(C2CCOC2)c(O)c1-c1ccccc1F. The molecule has 1 unspecified atom stereocenters. The number of H-pyrrole nitrogens is 1. The number of nitrogens with one attached hydrogen (secondary N) is 1. The average molecular weight is 292 g/mol. The Morgan fingerprint density at radius 2 is 2.10 bits per heavy atom. The molecule has 0 aliphatic carbocycles. The summed E-state index contributed by atoms with van der Waals surface area (Å²) in [5, 5.41) is 10.3. The number of nitrogens with zero attached hydrogens (tertiary/aromatic N) is 1. The summed E-state index contributed by atoms with van der Waals surface area (Å²) in [6.45, 7) is 0.723. The summed E-state index contributed by atoms with van der Waals surface area (Å²) in [7, 11) is 0. The highest BCUT2D eigenvalue weighted by Gasteiger charge is 2.25. The summed E-state index contributed by atoms with van der Waals surface area (Å²) in [6, 6.07) is 5.21. The highest BCUT2D eigenvalue weighted by molar-refractivity contribution is 5.67. The molecule has 1 aliphatic rings. The van der Waals surface area contributed by atoms with Crippen LogP contribution in [0.15, 0.2) is 33.9 Å². The summed E-state index contributed by atoms with van der Waals surface area (Å²) < 4.78 is 20.1. The molecule has 2 heterocycles. The Kier molecular flexibility index (Phi) is 3.34. The van der Waals surface area contributed by atoms with Gasteiger partial charge in [-0.15, -0.1) is 0 Å². The zero-order chi connectivity index (χ0) is 15.0. The number of aromatic amines is 1. The Bertz CT molecular complexity index is 790. The largest absolute Gasteiger partial charge is 0.494 e. The number of benzene rings is 1. The molecule has 7 heteroatoms. The maximum absolute atomic E-state index is 13.9. The number of rotatable bonds is 2. The molecule has 1 aliphatic heterocycles. The lowest BCUT2D eigenvalue weighted by molar-refractivity contribution is 0.183. The maximum Gasteiger partial charge on any atom is 0.331 e. The van der Waals surface area contributed by atoms with Crippen molar-refractivity contribution in [1.29, 1.82) is 0 Å². The van der Waals surface area contributed by atoms with E-state index in [1.165, 1.54) is 18.2 Å². The molecule has 2 N–H and O–H groups in total. The van der Waals surface area contributed by atoms with Crippen LogP contribution >= 0.6 is 0 Å². The van der Waals surface area contributed by atoms with Crippen LogP contribution in [0.1, 0.15) is 12.5 Å². The van der Waals surface area contributed by atoms with E-state index in [0.29, 0.717) is 13.0 Å².